The molecular formula is C8H11N5O2. The number of aliphatic hydroxyl groups excluding tert-OH is 2. The molecular weight excluding hydrogens is 198 g/mol. The van der Waals surface area contributed by atoms with Gasteiger partial charge in [0.1, 0.15) is 11.8 Å². The molecule has 0 unspecified atom stereocenters. The van der Waals surface area contributed by atoms with E-state index in [4.69, 9.17) is 10.2 Å². The quantitative estimate of drug-likeness (QED) is 0.521. The Labute approximate surface area is 85.2 Å². The number of nitrogens with one attached hydrogen (secondary N) is 2. The first-order valence-corrected chi connectivity index (χ1v) is 4.47. The topological polar surface area (TPSA) is 107 Å². The van der Waals surface area contributed by atoms with Crippen LogP contribution in [0.15, 0.2) is 12.7 Å². The molecule has 80 valence electrons. The highest BCUT2D eigenvalue weighted by Gasteiger charge is 2.10. The molecule has 0 amide bonds. The van der Waals surface area contributed by atoms with E-state index < -0.39 is 6.04 Å². The fourth-order valence-electron chi connectivity index (χ4n) is 1.22. The molecule has 0 fully saturated rings. The van der Waals surface area contributed by atoms with E-state index in [0.717, 1.165) is 0 Å². The summed E-state index contributed by atoms with van der Waals surface area (Å²) < 4.78 is 0. The first kappa shape index (κ1) is 9.81. The zero-order valence-electron chi connectivity index (χ0n) is 7.88. The molecule has 0 aliphatic rings. The first-order valence-electron chi connectivity index (χ1n) is 4.47. The summed E-state index contributed by atoms with van der Waals surface area (Å²) in [6.07, 6.45) is 2.88. The van der Waals surface area contributed by atoms with Crippen LogP contribution in [0.25, 0.3) is 11.2 Å². The third-order valence-electron chi connectivity index (χ3n) is 2.00. The van der Waals surface area contributed by atoms with Crippen molar-refractivity contribution in [2.75, 3.05) is 18.5 Å². The van der Waals surface area contributed by atoms with E-state index in [1.165, 1.54) is 12.7 Å². The van der Waals surface area contributed by atoms with Gasteiger partial charge in [0.2, 0.25) is 0 Å². The van der Waals surface area contributed by atoms with E-state index in [1.807, 2.05) is 0 Å². The summed E-state index contributed by atoms with van der Waals surface area (Å²) in [5.41, 5.74) is 1.20. The molecule has 0 aliphatic carbocycles. The average molecular weight is 209 g/mol. The summed E-state index contributed by atoms with van der Waals surface area (Å²) >= 11 is 0. The highest BCUT2D eigenvalue weighted by atomic mass is 16.3. The second-order valence-corrected chi connectivity index (χ2v) is 3.03. The molecule has 7 heteroatoms. The van der Waals surface area contributed by atoms with Crippen molar-refractivity contribution in [3.05, 3.63) is 12.7 Å². The van der Waals surface area contributed by atoms with Gasteiger partial charge in [-0.2, -0.15) is 0 Å². The van der Waals surface area contributed by atoms with E-state index in [9.17, 15) is 0 Å². The standard InChI is InChI=1S/C8H11N5O2/c14-1-5(2-15)13-8-6-7(10-3-9-6)11-4-12-8/h3-5,14-15H,1-2H2,(H2,9,10,11,12,13). The Morgan fingerprint density at radius 3 is 2.80 bits per heavy atom. The van der Waals surface area contributed by atoms with Crippen molar-refractivity contribution in [2.45, 2.75) is 6.04 Å². The maximum Gasteiger partial charge on any atom is 0.182 e. The van der Waals surface area contributed by atoms with Crippen LogP contribution < -0.4 is 5.32 Å². The molecule has 0 atom stereocenters. The molecule has 0 spiro atoms. The molecule has 2 heterocycles. The molecule has 2 aromatic rings. The van der Waals surface area contributed by atoms with Gasteiger partial charge in [0.25, 0.3) is 0 Å². The molecule has 0 bridgehead atoms. The first-order chi connectivity index (χ1) is 7.35. The molecule has 2 aromatic heterocycles. The van der Waals surface area contributed by atoms with Gasteiger partial charge in [-0.1, -0.05) is 0 Å². The van der Waals surface area contributed by atoms with E-state index >= 15 is 0 Å². The van der Waals surface area contributed by atoms with E-state index in [2.05, 4.69) is 25.3 Å². The van der Waals surface area contributed by atoms with Crippen LogP contribution in [0, 0.1) is 0 Å². The average Bonchev–Trinajstić information content (AvgIpc) is 2.74. The fourth-order valence-corrected chi connectivity index (χ4v) is 1.22. The van der Waals surface area contributed by atoms with Crippen molar-refractivity contribution >= 4 is 17.0 Å². The lowest BCUT2D eigenvalue weighted by atomic mass is 10.3. The maximum absolute atomic E-state index is 8.92. The van der Waals surface area contributed by atoms with Crippen LogP contribution in [0.2, 0.25) is 0 Å². The number of nitrogens with zero attached hydrogens (tertiary/aromatic N) is 3. The predicted molar refractivity (Wildman–Crippen MR) is 53.3 cm³/mol. The molecule has 0 aliphatic heterocycles. The van der Waals surface area contributed by atoms with Gasteiger partial charge in [-0.15, -0.1) is 0 Å². The Bertz CT molecular complexity index is 439. The number of fused-ring (bicyclic) bond motifs is 1. The summed E-state index contributed by atoms with van der Waals surface area (Å²) in [6.45, 7) is -0.341. The molecule has 7 nitrogen and oxygen atoms in total. The molecule has 0 radical (unpaired) electrons. The van der Waals surface area contributed by atoms with E-state index in [-0.39, 0.29) is 13.2 Å². The van der Waals surface area contributed by atoms with Crippen molar-refractivity contribution < 1.29 is 10.2 Å². The third kappa shape index (κ3) is 1.88. The molecule has 0 aromatic carbocycles. The van der Waals surface area contributed by atoms with Gasteiger partial charge in [-0.25, -0.2) is 15.0 Å². The van der Waals surface area contributed by atoms with Gasteiger partial charge in [0, 0.05) is 0 Å². The van der Waals surface area contributed by atoms with Crippen molar-refractivity contribution in [3.63, 3.8) is 0 Å². The number of imidazole rings is 1. The smallest absolute Gasteiger partial charge is 0.182 e. The summed E-state index contributed by atoms with van der Waals surface area (Å²) in [6, 6.07) is -0.439. The number of anilines is 1. The van der Waals surface area contributed by atoms with Crippen LogP contribution in [0.5, 0.6) is 0 Å². The number of rotatable bonds is 4. The van der Waals surface area contributed by atoms with Crippen LogP contribution >= 0.6 is 0 Å². The Morgan fingerprint density at radius 2 is 2.07 bits per heavy atom. The van der Waals surface area contributed by atoms with Crippen molar-refractivity contribution in [3.8, 4) is 0 Å². The minimum Gasteiger partial charge on any atom is -0.394 e. The highest BCUT2D eigenvalue weighted by molar-refractivity contribution is 5.82. The Kier molecular flexibility index (Phi) is 2.75. The molecule has 0 saturated carbocycles. The molecule has 0 saturated heterocycles. The van der Waals surface area contributed by atoms with Gasteiger partial charge in [-0.3, -0.25) is 0 Å². The van der Waals surface area contributed by atoms with Crippen LogP contribution in [0.4, 0.5) is 5.82 Å². The zero-order valence-corrected chi connectivity index (χ0v) is 7.88. The van der Waals surface area contributed by atoms with E-state index in [0.29, 0.717) is 17.0 Å². The van der Waals surface area contributed by atoms with Gasteiger partial charge < -0.3 is 20.5 Å². The highest BCUT2D eigenvalue weighted by Crippen LogP contribution is 2.14. The Morgan fingerprint density at radius 1 is 1.27 bits per heavy atom. The second kappa shape index (κ2) is 4.20. The Hall–Kier alpha value is -1.73. The van der Waals surface area contributed by atoms with Gasteiger partial charge in [0.05, 0.1) is 25.6 Å². The van der Waals surface area contributed by atoms with Crippen LogP contribution in [-0.2, 0) is 0 Å². The lowest BCUT2D eigenvalue weighted by Gasteiger charge is -2.13. The Balaban J connectivity index is 2.30. The van der Waals surface area contributed by atoms with Gasteiger partial charge >= 0.3 is 0 Å². The number of aromatic nitrogens is 4. The number of H-pyrrole nitrogens is 1. The predicted octanol–water partition coefficient (Wildman–Crippen LogP) is -0.882. The summed E-state index contributed by atoms with van der Waals surface area (Å²) in [4.78, 5) is 14.8. The zero-order chi connectivity index (χ0) is 10.7. The van der Waals surface area contributed by atoms with Crippen molar-refractivity contribution in [2.24, 2.45) is 0 Å². The number of hydrogen-bond donors (Lipinski definition) is 4. The van der Waals surface area contributed by atoms with Gasteiger partial charge in [0.15, 0.2) is 11.5 Å². The minimum atomic E-state index is -0.439. The van der Waals surface area contributed by atoms with Crippen molar-refractivity contribution in [1.29, 1.82) is 0 Å². The molecule has 2 rings (SSSR count). The monoisotopic (exact) mass is 209 g/mol. The fraction of sp³-hybridized carbons (Fsp3) is 0.375. The van der Waals surface area contributed by atoms with Gasteiger partial charge in [-0.05, 0) is 0 Å². The van der Waals surface area contributed by atoms with Crippen molar-refractivity contribution in [1.82, 2.24) is 19.9 Å². The molecule has 15 heavy (non-hydrogen) atoms. The second-order valence-electron chi connectivity index (χ2n) is 3.03. The lowest BCUT2D eigenvalue weighted by Crippen LogP contribution is -2.28. The molecule has 4 N–H and O–H groups in total. The largest absolute Gasteiger partial charge is 0.394 e. The normalized spacial score (nSPS) is 11.1. The summed E-state index contributed by atoms with van der Waals surface area (Å²) in [5, 5.41) is 20.7. The van der Waals surface area contributed by atoms with Crippen LogP contribution in [0.1, 0.15) is 0 Å². The maximum atomic E-state index is 8.92. The number of aromatic amines is 1. The summed E-state index contributed by atoms with van der Waals surface area (Å²) in [7, 11) is 0. The third-order valence-corrected chi connectivity index (χ3v) is 2.00. The number of hydrogen-bond acceptors (Lipinski definition) is 6. The van der Waals surface area contributed by atoms with Crippen LogP contribution in [0.3, 0.4) is 0 Å². The summed E-state index contributed by atoms with van der Waals surface area (Å²) in [5.74, 6) is 0.519. The lowest BCUT2D eigenvalue weighted by molar-refractivity contribution is 0.203. The SMILES string of the molecule is OCC(CO)Nc1ncnc2nc[nH]c12. The number of aliphatic hydroxyl groups is 2. The minimum absolute atomic E-state index is 0.171. The van der Waals surface area contributed by atoms with Crippen LogP contribution in [-0.4, -0.2) is 49.4 Å². The van der Waals surface area contributed by atoms with E-state index in [1.54, 1.807) is 0 Å².